The molecule has 0 spiro atoms. The van der Waals surface area contributed by atoms with Crippen molar-refractivity contribution in [2.75, 3.05) is 0 Å². The van der Waals surface area contributed by atoms with Gasteiger partial charge in [-0.3, -0.25) is 14.9 Å². The second-order valence-electron chi connectivity index (χ2n) is 3.25. The number of nitrogens with zero attached hydrogens (tertiary/aromatic N) is 1. The molecule has 1 aromatic carbocycles. The number of Topliss-reactive ketones (excluding diaryl/α,β-unsaturated/α-hetero) is 1. The lowest BCUT2D eigenvalue weighted by atomic mass is 10.1. The summed E-state index contributed by atoms with van der Waals surface area (Å²) in [5, 5.41) is 19.6. The molecule has 0 saturated carbocycles. The average Bonchev–Trinajstić information content (AvgIpc) is 2.18. The topological polar surface area (TPSA) is 80.4 Å². The van der Waals surface area contributed by atoms with E-state index in [2.05, 4.69) is 0 Å². The molecule has 0 aromatic heterocycles. The van der Waals surface area contributed by atoms with E-state index in [1.165, 1.54) is 31.2 Å². The van der Waals surface area contributed by atoms with Gasteiger partial charge in [-0.1, -0.05) is 12.1 Å². The predicted molar refractivity (Wildman–Crippen MR) is 53.5 cm³/mol. The second-order valence-corrected chi connectivity index (χ2v) is 3.25. The summed E-state index contributed by atoms with van der Waals surface area (Å²) in [6.07, 6.45) is -0.848. The highest BCUT2D eigenvalue weighted by atomic mass is 16.6. The summed E-state index contributed by atoms with van der Waals surface area (Å²) in [7, 11) is 0. The van der Waals surface area contributed by atoms with Gasteiger partial charge in [-0.2, -0.15) is 0 Å². The summed E-state index contributed by atoms with van der Waals surface area (Å²) in [5.41, 5.74) is 0.694. The smallest absolute Gasteiger partial charge is 0.269 e. The van der Waals surface area contributed by atoms with Crippen molar-refractivity contribution >= 4 is 11.5 Å². The molecule has 5 heteroatoms. The number of carbonyl (C=O) groups excluding carboxylic acids is 1. The molecule has 1 atom stereocenters. The van der Waals surface area contributed by atoms with E-state index in [1.54, 1.807) is 0 Å². The zero-order chi connectivity index (χ0) is 11.4. The Bertz CT molecular complexity index is 372. The molecule has 15 heavy (non-hydrogen) atoms. The van der Waals surface area contributed by atoms with Crippen LogP contribution in [0.1, 0.15) is 12.5 Å². The van der Waals surface area contributed by atoms with Crippen molar-refractivity contribution in [2.45, 2.75) is 19.4 Å². The van der Waals surface area contributed by atoms with E-state index >= 15 is 0 Å². The molecule has 0 radical (unpaired) electrons. The van der Waals surface area contributed by atoms with E-state index in [1.807, 2.05) is 0 Å². The second kappa shape index (κ2) is 4.65. The number of ketones is 1. The monoisotopic (exact) mass is 209 g/mol. The van der Waals surface area contributed by atoms with Gasteiger partial charge in [0.25, 0.3) is 5.69 Å². The lowest BCUT2D eigenvalue weighted by molar-refractivity contribution is -0.384. The molecule has 80 valence electrons. The van der Waals surface area contributed by atoms with Crippen LogP contribution < -0.4 is 0 Å². The number of rotatable bonds is 4. The van der Waals surface area contributed by atoms with Gasteiger partial charge in [0.15, 0.2) is 5.78 Å². The Kier molecular flexibility index (Phi) is 3.51. The predicted octanol–water partition coefficient (Wildman–Crippen LogP) is 1.09. The fourth-order valence-corrected chi connectivity index (χ4v) is 1.12. The fourth-order valence-electron chi connectivity index (χ4n) is 1.12. The number of hydrogen-bond acceptors (Lipinski definition) is 4. The van der Waals surface area contributed by atoms with Crippen LogP contribution in [0, 0.1) is 10.1 Å². The number of nitro benzene ring substituents is 1. The zero-order valence-electron chi connectivity index (χ0n) is 8.21. The third kappa shape index (κ3) is 3.14. The number of aliphatic hydroxyl groups is 1. The molecular formula is C10H11NO4. The zero-order valence-corrected chi connectivity index (χ0v) is 8.21. The van der Waals surface area contributed by atoms with Crippen molar-refractivity contribution in [3.63, 3.8) is 0 Å². The lowest BCUT2D eigenvalue weighted by Gasteiger charge is -2.05. The van der Waals surface area contributed by atoms with Gasteiger partial charge < -0.3 is 5.11 Å². The Hall–Kier alpha value is -1.75. The maximum atomic E-state index is 10.8. The Morgan fingerprint density at radius 3 is 2.40 bits per heavy atom. The highest BCUT2D eigenvalue weighted by molar-refractivity contribution is 5.80. The van der Waals surface area contributed by atoms with E-state index in [-0.39, 0.29) is 17.9 Å². The van der Waals surface area contributed by atoms with Crippen LogP contribution in [-0.4, -0.2) is 21.9 Å². The normalized spacial score (nSPS) is 12.1. The Labute approximate surface area is 86.5 Å². The van der Waals surface area contributed by atoms with Gasteiger partial charge in [0.1, 0.15) is 6.10 Å². The lowest BCUT2D eigenvalue weighted by Crippen LogP contribution is -2.19. The van der Waals surface area contributed by atoms with E-state index < -0.39 is 11.0 Å². The Balaban J connectivity index is 2.72. The standard InChI is InChI=1S/C10H11NO4/c1-7(12)10(13)6-8-2-4-9(5-3-8)11(14)15/h2-5,10,13H,6H2,1H3/t10-/m0/s1. The van der Waals surface area contributed by atoms with Crippen molar-refractivity contribution in [1.82, 2.24) is 0 Å². The molecule has 0 unspecified atom stereocenters. The van der Waals surface area contributed by atoms with Crippen LogP contribution in [0.25, 0.3) is 0 Å². The summed E-state index contributed by atoms with van der Waals surface area (Å²) in [4.78, 5) is 20.6. The summed E-state index contributed by atoms with van der Waals surface area (Å²) < 4.78 is 0. The maximum Gasteiger partial charge on any atom is 0.269 e. The summed E-state index contributed by atoms with van der Waals surface area (Å²) in [5.74, 6) is -0.312. The molecule has 5 nitrogen and oxygen atoms in total. The van der Waals surface area contributed by atoms with Gasteiger partial charge in [0.2, 0.25) is 0 Å². The van der Waals surface area contributed by atoms with E-state index in [0.717, 1.165) is 0 Å². The number of benzene rings is 1. The molecule has 0 aliphatic heterocycles. The van der Waals surface area contributed by atoms with Gasteiger partial charge >= 0.3 is 0 Å². The minimum atomic E-state index is -1.04. The molecule has 1 N–H and O–H groups in total. The minimum Gasteiger partial charge on any atom is -0.385 e. The highest BCUT2D eigenvalue weighted by Gasteiger charge is 2.11. The van der Waals surface area contributed by atoms with Crippen LogP contribution >= 0.6 is 0 Å². The van der Waals surface area contributed by atoms with Crippen LogP contribution in [0.15, 0.2) is 24.3 Å². The number of aliphatic hydroxyl groups excluding tert-OH is 1. The molecule has 0 fully saturated rings. The Morgan fingerprint density at radius 1 is 1.47 bits per heavy atom. The number of nitro groups is 1. The quantitative estimate of drug-likeness (QED) is 0.594. The first-order chi connectivity index (χ1) is 7.00. The van der Waals surface area contributed by atoms with Crippen LogP contribution in [0.4, 0.5) is 5.69 Å². The molecule has 1 aromatic rings. The number of non-ortho nitro benzene ring substituents is 1. The molecule has 0 amide bonds. The first-order valence-electron chi connectivity index (χ1n) is 4.42. The molecular weight excluding hydrogens is 198 g/mol. The van der Waals surface area contributed by atoms with Crippen molar-refractivity contribution in [2.24, 2.45) is 0 Å². The van der Waals surface area contributed by atoms with E-state index in [0.29, 0.717) is 5.56 Å². The van der Waals surface area contributed by atoms with Crippen molar-refractivity contribution in [1.29, 1.82) is 0 Å². The molecule has 0 heterocycles. The van der Waals surface area contributed by atoms with Gasteiger partial charge in [-0.15, -0.1) is 0 Å². The number of hydrogen-bond donors (Lipinski definition) is 1. The summed E-state index contributed by atoms with van der Waals surface area (Å²) >= 11 is 0. The van der Waals surface area contributed by atoms with Crippen molar-refractivity contribution in [3.05, 3.63) is 39.9 Å². The highest BCUT2D eigenvalue weighted by Crippen LogP contribution is 2.13. The van der Waals surface area contributed by atoms with Crippen LogP contribution in [-0.2, 0) is 11.2 Å². The van der Waals surface area contributed by atoms with E-state index in [9.17, 15) is 20.0 Å². The largest absolute Gasteiger partial charge is 0.385 e. The van der Waals surface area contributed by atoms with Gasteiger partial charge in [0.05, 0.1) is 4.92 Å². The molecule has 0 aliphatic carbocycles. The average molecular weight is 209 g/mol. The van der Waals surface area contributed by atoms with Gasteiger partial charge in [-0.05, 0) is 12.5 Å². The van der Waals surface area contributed by atoms with Crippen molar-refractivity contribution in [3.8, 4) is 0 Å². The van der Waals surface area contributed by atoms with Gasteiger partial charge in [0, 0.05) is 18.6 Å². The first-order valence-corrected chi connectivity index (χ1v) is 4.42. The summed E-state index contributed by atoms with van der Waals surface area (Å²) in [6, 6.07) is 5.76. The molecule has 0 bridgehead atoms. The van der Waals surface area contributed by atoms with Crippen LogP contribution in [0.2, 0.25) is 0 Å². The van der Waals surface area contributed by atoms with Crippen LogP contribution in [0.5, 0.6) is 0 Å². The molecule has 1 rings (SSSR count). The van der Waals surface area contributed by atoms with E-state index in [4.69, 9.17) is 0 Å². The minimum absolute atomic E-state index is 0.00364. The maximum absolute atomic E-state index is 10.8. The number of carbonyl (C=O) groups is 1. The third-order valence-electron chi connectivity index (χ3n) is 2.05. The molecule has 0 aliphatic rings. The fraction of sp³-hybridized carbons (Fsp3) is 0.300. The summed E-state index contributed by atoms with van der Waals surface area (Å²) in [6.45, 7) is 1.30. The SMILES string of the molecule is CC(=O)[C@@H](O)Cc1ccc([N+](=O)[O-])cc1. The third-order valence-corrected chi connectivity index (χ3v) is 2.05. The van der Waals surface area contributed by atoms with Crippen LogP contribution in [0.3, 0.4) is 0 Å². The Morgan fingerprint density at radius 2 is 2.00 bits per heavy atom. The first kappa shape index (κ1) is 11.3. The van der Waals surface area contributed by atoms with Crippen molar-refractivity contribution < 1.29 is 14.8 Å². The van der Waals surface area contributed by atoms with Gasteiger partial charge in [-0.25, -0.2) is 0 Å². The molecule has 0 saturated heterocycles.